The van der Waals surface area contributed by atoms with Crippen molar-refractivity contribution in [3.8, 4) is 0 Å². The van der Waals surface area contributed by atoms with Crippen molar-refractivity contribution in [1.82, 2.24) is 0 Å². The summed E-state index contributed by atoms with van der Waals surface area (Å²) in [6.07, 6.45) is 0.946. The van der Waals surface area contributed by atoms with Crippen molar-refractivity contribution < 1.29 is 9.84 Å². The van der Waals surface area contributed by atoms with Gasteiger partial charge >= 0.3 is 0 Å². The number of ether oxygens (including phenoxy) is 1. The second kappa shape index (κ2) is 5.06. The van der Waals surface area contributed by atoms with Gasteiger partial charge in [-0.2, -0.15) is 0 Å². The molecule has 0 aliphatic carbocycles. The third kappa shape index (κ3) is 4.09. The SMILES string of the molecule is [CH2]CC(C)OCCO. The molecule has 1 N–H and O–H groups in total. The molecule has 2 nitrogen and oxygen atoms in total. The van der Waals surface area contributed by atoms with Gasteiger partial charge in [-0.05, 0) is 13.3 Å². The van der Waals surface area contributed by atoms with Gasteiger partial charge in [0.25, 0.3) is 0 Å². The van der Waals surface area contributed by atoms with Crippen LogP contribution >= 0.6 is 0 Å². The Morgan fingerprint density at radius 1 is 1.75 bits per heavy atom. The fraction of sp³-hybridized carbons (Fsp3) is 0.833. The van der Waals surface area contributed by atoms with E-state index in [0.29, 0.717) is 6.61 Å². The average Bonchev–Trinajstić information content (AvgIpc) is 1.83. The summed E-state index contributed by atoms with van der Waals surface area (Å²) in [5.41, 5.74) is 0. The van der Waals surface area contributed by atoms with Gasteiger partial charge in [0.1, 0.15) is 0 Å². The van der Waals surface area contributed by atoms with Crippen LogP contribution in [0.5, 0.6) is 0 Å². The predicted octanol–water partition coefficient (Wildman–Crippen LogP) is 0.608. The van der Waals surface area contributed by atoms with Gasteiger partial charge in [-0.15, -0.1) is 0 Å². The largest absolute Gasteiger partial charge is 0.394 e. The fourth-order valence-electron chi connectivity index (χ4n) is 0.337. The van der Waals surface area contributed by atoms with Crippen molar-refractivity contribution in [1.29, 1.82) is 0 Å². The molecule has 0 spiro atoms. The molecule has 49 valence electrons. The molecular weight excluding hydrogens is 104 g/mol. The molecule has 0 aliphatic rings. The zero-order valence-corrected chi connectivity index (χ0v) is 5.26. The molecule has 1 radical (unpaired) electrons. The molecular formula is C6H13O2. The van der Waals surface area contributed by atoms with E-state index in [1.54, 1.807) is 0 Å². The predicted molar refractivity (Wildman–Crippen MR) is 32.5 cm³/mol. The molecule has 8 heavy (non-hydrogen) atoms. The van der Waals surface area contributed by atoms with Gasteiger partial charge < -0.3 is 9.84 Å². The lowest BCUT2D eigenvalue weighted by molar-refractivity contribution is 0.0406. The van der Waals surface area contributed by atoms with E-state index >= 15 is 0 Å². The quantitative estimate of drug-likeness (QED) is 0.584. The summed E-state index contributed by atoms with van der Waals surface area (Å²) in [5.74, 6) is 0. The van der Waals surface area contributed by atoms with Gasteiger partial charge in [0.15, 0.2) is 0 Å². The van der Waals surface area contributed by atoms with Crippen molar-refractivity contribution in [2.45, 2.75) is 19.4 Å². The fourth-order valence-corrected chi connectivity index (χ4v) is 0.337. The highest BCUT2D eigenvalue weighted by Gasteiger charge is 1.94. The Kier molecular flexibility index (Phi) is 5.01. The van der Waals surface area contributed by atoms with Crippen LogP contribution in [0.15, 0.2) is 0 Å². The van der Waals surface area contributed by atoms with Crippen molar-refractivity contribution >= 4 is 0 Å². The highest BCUT2D eigenvalue weighted by molar-refractivity contribution is 4.49. The van der Waals surface area contributed by atoms with Gasteiger partial charge in [-0.3, -0.25) is 0 Å². The van der Waals surface area contributed by atoms with Crippen LogP contribution in [0.25, 0.3) is 0 Å². The lowest BCUT2D eigenvalue weighted by Gasteiger charge is -2.07. The Morgan fingerprint density at radius 2 is 2.38 bits per heavy atom. The highest BCUT2D eigenvalue weighted by atomic mass is 16.5. The lowest BCUT2D eigenvalue weighted by atomic mass is 10.3. The maximum Gasteiger partial charge on any atom is 0.0701 e. The summed E-state index contributed by atoms with van der Waals surface area (Å²) in [5, 5.41) is 8.27. The molecule has 0 saturated carbocycles. The Balaban J connectivity index is 2.86. The maximum absolute atomic E-state index is 8.27. The molecule has 0 aromatic carbocycles. The first-order chi connectivity index (χ1) is 3.81. The topological polar surface area (TPSA) is 29.5 Å². The molecule has 1 atom stereocenters. The average molecular weight is 117 g/mol. The van der Waals surface area contributed by atoms with E-state index in [9.17, 15) is 0 Å². The summed E-state index contributed by atoms with van der Waals surface area (Å²) in [4.78, 5) is 0. The van der Waals surface area contributed by atoms with Crippen LogP contribution in [-0.2, 0) is 4.74 Å². The summed E-state index contributed by atoms with van der Waals surface area (Å²) < 4.78 is 5.03. The zero-order chi connectivity index (χ0) is 6.41. The Hall–Kier alpha value is -0.0800. The normalized spacial score (nSPS) is 13.9. The van der Waals surface area contributed by atoms with E-state index in [4.69, 9.17) is 9.84 Å². The molecule has 0 aromatic rings. The minimum Gasteiger partial charge on any atom is -0.394 e. The second-order valence-electron chi connectivity index (χ2n) is 1.69. The van der Waals surface area contributed by atoms with Crippen LogP contribution in [0.2, 0.25) is 0 Å². The van der Waals surface area contributed by atoms with E-state index in [-0.39, 0.29) is 12.7 Å². The van der Waals surface area contributed by atoms with Crippen LogP contribution in [0, 0.1) is 6.92 Å². The number of aliphatic hydroxyl groups is 1. The van der Waals surface area contributed by atoms with Gasteiger partial charge in [0.2, 0.25) is 0 Å². The molecule has 0 heterocycles. The maximum atomic E-state index is 8.27. The smallest absolute Gasteiger partial charge is 0.0701 e. The molecule has 0 rings (SSSR count). The first kappa shape index (κ1) is 7.92. The third-order valence-corrected chi connectivity index (χ3v) is 0.900. The van der Waals surface area contributed by atoms with Gasteiger partial charge in [0.05, 0.1) is 19.3 Å². The molecule has 0 saturated heterocycles. The van der Waals surface area contributed by atoms with Crippen molar-refractivity contribution in [2.75, 3.05) is 13.2 Å². The molecule has 0 fully saturated rings. The van der Waals surface area contributed by atoms with E-state index < -0.39 is 0 Å². The zero-order valence-electron chi connectivity index (χ0n) is 5.26. The second-order valence-corrected chi connectivity index (χ2v) is 1.69. The van der Waals surface area contributed by atoms with E-state index in [1.807, 2.05) is 6.92 Å². The summed E-state index contributed by atoms with van der Waals surface area (Å²) in [6, 6.07) is 0. The van der Waals surface area contributed by atoms with Crippen molar-refractivity contribution in [2.24, 2.45) is 0 Å². The molecule has 0 aromatic heterocycles. The molecule has 0 bridgehead atoms. The lowest BCUT2D eigenvalue weighted by Crippen LogP contribution is -2.09. The van der Waals surface area contributed by atoms with Crippen LogP contribution in [0.3, 0.4) is 0 Å². The van der Waals surface area contributed by atoms with Gasteiger partial charge in [0, 0.05) is 0 Å². The first-order valence-electron chi connectivity index (χ1n) is 2.83. The van der Waals surface area contributed by atoms with Crippen molar-refractivity contribution in [3.05, 3.63) is 6.92 Å². The minimum absolute atomic E-state index is 0.102. The first-order valence-corrected chi connectivity index (χ1v) is 2.83. The number of aliphatic hydroxyl groups excluding tert-OH is 1. The van der Waals surface area contributed by atoms with Gasteiger partial charge in [-0.25, -0.2) is 0 Å². The van der Waals surface area contributed by atoms with Crippen LogP contribution in [0.4, 0.5) is 0 Å². The van der Waals surface area contributed by atoms with E-state index in [2.05, 4.69) is 6.92 Å². The van der Waals surface area contributed by atoms with Crippen LogP contribution in [-0.4, -0.2) is 24.4 Å². The molecule has 1 unspecified atom stereocenters. The number of hydrogen-bond acceptors (Lipinski definition) is 2. The van der Waals surface area contributed by atoms with Crippen LogP contribution in [0.1, 0.15) is 13.3 Å². The van der Waals surface area contributed by atoms with E-state index in [0.717, 1.165) is 6.42 Å². The standard InChI is InChI=1S/C6H13O2/c1-3-6(2)8-5-4-7/h6-7H,1,3-5H2,2H3. The highest BCUT2D eigenvalue weighted by Crippen LogP contribution is 1.92. The summed E-state index contributed by atoms with van der Waals surface area (Å²) >= 11 is 0. The third-order valence-electron chi connectivity index (χ3n) is 0.900. The Bertz CT molecular complexity index is 45.8. The molecule has 2 heteroatoms. The monoisotopic (exact) mass is 117 g/mol. The van der Waals surface area contributed by atoms with E-state index in [1.165, 1.54) is 0 Å². The van der Waals surface area contributed by atoms with Crippen LogP contribution < -0.4 is 0 Å². The summed E-state index contributed by atoms with van der Waals surface area (Å²) in [6.45, 7) is 6.09. The summed E-state index contributed by atoms with van der Waals surface area (Å²) in [7, 11) is 0. The Morgan fingerprint density at radius 3 is 2.75 bits per heavy atom. The molecule has 0 aliphatic heterocycles. The Labute approximate surface area is 50.5 Å². The minimum atomic E-state index is 0.102. The number of rotatable bonds is 4. The van der Waals surface area contributed by atoms with Crippen molar-refractivity contribution in [3.63, 3.8) is 0 Å². The number of hydrogen-bond donors (Lipinski definition) is 1. The molecule has 0 amide bonds. The van der Waals surface area contributed by atoms with Gasteiger partial charge in [-0.1, -0.05) is 6.92 Å².